The minimum absolute atomic E-state index is 0.0286. The summed E-state index contributed by atoms with van der Waals surface area (Å²) < 4.78 is 122. The van der Waals surface area contributed by atoms with Crippen molar-refractivity contribution in [2.75, 3.05) is 38.2 Å². The van der Waals surface area contributed by atoms with Gasteiger partial charge in [-0.2, -0.15) is 4.37 Å². The maximum Gasteiger partial charge on any atom is 0.407 e. The van der Waals surface area contributed by atoms with Gasteiger partial charge in [0.15, 0.2) is 23.2 Å². The summed E-state index contributed by atoms with van der Waals surface area (Å²) in [7, 11) is -2.14. The first kappa shape index (κ1) is 34.6. The monoisotopic (exact) mass is 714 g/mol. The van der Waals surface area contributed by atoms with Gasteiger partial charge in [-0.15, -0.1) is 0 Å². The number of carboxylic acid groups (broad SMARTS) is 1. The van der Waals surface area contributed by atoms with Crippen molar-refractivity contribution in [3.05, 3.63) is 89.0 Å². The molecule has 1 fully saturated rings. The summed E-state index contributed by atoms with van der Waals surface area (Å²) in [5.74, 6) is -8.57. The number of ether oxygens (including phenoxy) is 3. The quantitative estimate of drug-likeness (QED) is 0.151. The molecule has 18 heteroatoms. The molecule has 0 radical (unpaired) electrons. The summed E-state index contributed by atoms with van der Waals surface area (Å²) in [5, 5.41) is 9.36. The molecule has 1 N–H and O–H groups in total. The molecule has 1 aliphatic heterocycles. The second-order valence-electron chi connectivity index (χ2n) is 10.6. The minimum Gasteiger partial charge on any atom is -0.497 e. The highest BCUT2D eigenvalue weighted by atomic mass is 32.2. The number of anilines is 1. The lowest BCUT2D eigenvalue weighted by Crippen LogP contribution is -2.44. The van der Waals surface area contributed by atoms with Crippen molar-refractivity contribution < 1.29 is 54.5 Å². The zero-order valence-corrected chi connectivity index (χ0v) is 26.8. The Kier molecular flexibility index (Phi) is 10.2. The Balaban J connectivity index is 1.48. The van der Waals surface area contributed by atoms with Gasteiger partial charge >= 0.3 is 6.09 Å². The number of nitrogens with zero attached hydrogens (tertiary/aromatic N) is 4. The standard InChI is InChI=1S/C30H27F5N4O7S2/c1-44-19-4-3-16(25(9-19)45-2)13-39(29-36-15-37-47-29)48(42,43)27-8-18(31)7-26(28(27)35)46-14-17-12-38(30(40)41)6-5-20(17)21-10-23(33)24(34)11-22(21)32/h3-4,7-11,15,17,20H,5-6,12-14H2,1-2H3,(H,40,41)/t17?,20-/m1/s1. The molecule has 1 aliphatic rings. The van der Waals surface area contributed by atoms with Crippen molar-refractivity contribution in [3.63, 3.8) is 0 Å². The van der Waals surface area contributed by atoms with Crippen molar-refractivity contribution in [2.45, 2.75) is 23.8 Å². The number of methoxy groups -OCH3 is 2. The van der Waals surface area contributed by atoms with E-state index in [-0.39, 0.29) is 36.0 Å². The van der Waals surface area contributed by atoms with E-state index in [2.05, 4.69) is 9.36 Å². The van der Waals surface area contributed by atoms with E-state index in [4.69, 9.17) is 14.2 Å². The van der Waals surface area contributed by atoms with Gasteiger partial charge in [-0.25, -0.2) is 44.5 Å². The van der Waals surface area contributed by atoms with Crippen LogP contribution in [0.25, 0.3) is 0 Å². The molecule has 4 aromatic rings. The van der Waals surface area contributed by atoms with Crippen LogP contribution in [0.2, 0.25) is 0 Å². The Hall–Kier alpha value is -4.71. The van der Waals surface area contributed by atoms with E-state index in [1.54, 1.807) is 6.07 Å². The van der Waals surface area contributed by atoms with Gasteiger partial charge in [-0.3, -0.25) is 0 Å². The van der Waals surface area contributed by atoms with Crippen LogP contribution in [0.4, 0.5) is 31.9 Å². The van der Waals surface area contributed by atoms with Crippen molar-refractivity contribution in [2.24, 2.45) is 5.92 Å². The van der Waals surface area contributed by atoms with E-state index in [9.17, 15) is 35.9 Å². The fourth-order valence-electron chi connectivity index (χ4n) is 5.42. The lowest BCUT2D eigenvalue weighted by Gasteiger charge is -2.37. The molecule has 0 aliphatic carbocycles. The van der Waals surface area contributed by atoms with Crippen LogP contribution in [0, 0.1) is 35.0 Å². The van der Waals surface area contributed by atoms with Gasteiger partial charge in [0, 0.05) is 54.3 Å². The van der Waals surface area contributed by atoms with E-state index >= 15 is 4.39 Å². The van der Waals surface area contributed by atoms with E-state index in [1.165, 1.54) is 26.4 Å². The maximum atomic E-state index is 16.0. The zero-order chi connectivity index (χ0) is 34.7. The predicted molar refractivity (Wildman–Crippen MR) is 161 cm³/mol. The van der Waals surface area contributed by atoms with Crippen LogP contribution in [0.1, 0.15) is 23.5 Å². The molecular formula is C30H27F5N4O7S2. The van der Waals surface area contributed by atoms with Crippen LogP contribution >= 0.6 is 11.5 Å². The Labute approximate surface area is 275 Å². The number of benzene rings is 3. The fourth-order valence-corrected chi connectivity index (χ4v) is 7.65. The summed E-state index contributed by atoms with van der Waals surface area (Å²) in [4.78, 5) is 15.5. The average Bonchev–Trinajstić information content (AvgIpc) is 3.59. The number of carbonyl (C=O) groups is 1. The maximum absolute atomic E-state index is 16.0. The third kappa shape index (κ3) is 7.08. The number of rotatable bonds is 11. The molecule has 1 amide bonds. The highest BCUT2D eigenvalue weighted by molar-refractivity contribution is 7.93. The Morgan fingerprint density at radius 3 is 2.44 bits per heavy atom. The van der Waals surface area contributed by atoms with Crippen molar-refractivity contribution in [3.8, 4) is 17.2 Å². The van der Waals surface area contributed by atoms with Crippen molar-refractivity contribution in [1.82, 2.24) is 14.3 Å². The van der Waals surface area contributed by atoms with Gasteiger partial charge in [-0.05, 0) is 42.2 Å². The molecular weight excluding hydrogens is 687 g/mol. The molecule has 2 atom stereocenters. The molecule has 2 heterocycles. The van der Waals surface area contributed by atoms with E-state index < -0.39 is 80.8 Å². The number of likely N-dealkylation sites (tertiary alicyclic amines) is 1. The summed E-state index contributed by atoms with van der Waals surface area (Å²) >= 11 is 0.679. The van der Waals surface area contributed by atoms with Gasteiger partial charge in [-0.1, -0.05) is 0 Å². The van der Waals surface area contributed by atoms with Crippen molar-refractivity contribution in [1.29, 1.82) is 0 Å². The van der Waals surface area contributed by atoms with Crippen LogP contribution in [0.5, 0.6) is 17.2 Å². The Morgan fingerprint density at radius 2 is 1.77 bits per heavy atom. The second kappa shape index (κ2) is 14.2. The number of hydrogen-bond acceptors (Lipinski definition) is 9. The molecule has 256 valence electrons. The highest BCUT2D eigenvalue weighted by Gasteiger charge is 2.37. The molecule has 0 spiro atoms. The Morgan fingerprint density at radius 1 is 1.02 bits per heavy atom. The number of aromatic nitrogens is 2. The van der Waals surface area contributed by atoms with Gasteiger partial charge in [0.25, 0.3) is 10.0 Å². The number of amides is 1. The SMILES string of the molecule is COc1ccc(CN(c2ncns2)S(=O)(=O)c2cc(F)cc(OCC3CN(C(=O)O)CC[C@H]3c3cc(F)c(F)cc3F)c2F)c(OC)c1. The average molecular weight is 715 g/mol. The lowest BCUT2D eigenvalue weighted by atomic mass is 9.80. The molecule has 11 nitrogen and oxygen atoms in total. The first-order valence-electron chi connectivity index (χ1n) is 14.1. The summed E-state index contributed by atoms with van der Waals surface area (Å²) in [6.45, 7) is -1.37. The molecule has 0 saturated carbocycles. The van der Waals surface area contributed by atoms with Crippen LogP contribution in [-0.4, -0.2) is 67.8 Å². The third-order valence-corrected chi connectivity index (χ3v) is 10.3. The number of sulfonamides is 1. The first-order valence-corrected chi connectivity index (χ1v) is 16.3. The molecule has 1 saturated heterocycles. The van der Waals surface area contributed by atoms with Crippen LogP contribution in [0.15, 0.2) is 53.7 Å². The first-order chi connectivity index (χ1) is 22.8. The molecule has 0 bridgehead atoms. The normalized spacial score (nSPS) is 16.4. The topological polar surface area (TPSA) is 131 Å². The number of hydrogen-bond donors (Lipinski definition) is 1. The van der Waals surface area contributed by atoms with Gasteiger partial charge in [0.05, 0.1) is 27.4 Å². The molecule has 48 heavy (non-hydrogen) atoms. The highest BCUT2D eigenvalue weighted by Crippen LogP contribution is 2.38. The third-order valence-electron chi connectivity index (χ3n) is 7.81. The van der Waals surface area contributed by atoms with Crippen LogP contribution in [-0.2, 0) is 16.6 Å². The zero-order valence-electron chi connectivity index (χ0n) is 25.2. The summed E-state index contributed by atoms with van der Waals surface area (Å²) in [6, 6.07) is 6.66. The molecule has 1 unspecified atom stereocenters. The fraction of sp³-hybridized carbons (Fsp3) is 0.300. The van der Waals surface area contributed by atoms with E-state index in [1.807, 2.05) is 0 Å². The molecule has 3 aromatic carbocycles. The Bertz CT molecular complexity index is 1920. The van der Waals surface area contributed by atoms with Gasteiger partial charge in [0.1, 0.15) is 34.4 Å². The van der Waals surface area contributed by atoms with E-state index in [0.29, 0.717) is 51.4 Å². The van der Waals surface area contributed by atoms with Crippen molar-refractivity contribution >= 4 is 32.8 Å². The molecule has 5 rings (SSSR count). The van der Waals surface area contributed by atoms with Crippen LogP contribution < -0.4 is 18.5 Å². The number of halogens is 5. The van der Waals surface area contributed by atoms with Gasteiger partial charge < -0.3 is 24.2 Å². The minimum atomic E-state index is -4.92. The number of piperidine rings is 1. The largest absolute Gasteiger partial charge is 0.497 e. The summed E-state index contributed by atoms with van der Waals surface area (Å²) in [5.41, 5.74) is 0.0679. The molecule has 1 aromatic heterocycles. The van der Waals surface area contributed by atoms with E-state index in [0.717, 1.165) is 11.2 Å². The second-order valence-corrected chi connectivity index (χ2v) is 13.2. The lowest BCUT2D eigenvalue weighted by molar-refractivity contribution is 0.0918. The smallest absolute Gasteiger partial charge is 0.407 e. The summed E-state index contributed by atoms with van der Waals surface area (Å²) in [6.07, 6.45) is -0.264. The van der Waals surface area contributed by atoms with Gasteiger partial charge in [0.2, 0.25) is 5.13 Å². The van der Waals surface area contributed by atoms with Crippen LogP contribution in [0.3, 0.4) is 0 Å². The predicted octanol–water partition coefficient (Wildman–Crippen LogP) is 5.81.